The summed E-state index contributed by atoms with van der Waals surface area (Å²) in [5, 5.41) is 6.12. The summed E-state index contributed by atoms with van der Waals surface area (Å²) < 4.78 is 10.9. The zero-order valence-corrected chi connectivity index (χ0v) is 16.5. The van der Waals surface area contributed by atoms with E-state index in [0.717, 1.165) is 23.3 Å². The van der Waals surface area contributed by atoms with Crippen LogP contribution in [-0.2, 0) is 13.1 Å². The van der Waals surface area contributed by atoms with Gasteiger partial charge in [0.1, 0.15) is 11.5 Å². The number of hydrogen-bond donors (Lipinski definition) is 3. The Balaban J connectivity index is 1.36. The fourth-order valence-corrected chi connectivity index (χ4v) is 3.39. The molecule has 0 aliphatic carbocycles. The molecule has 0 radical (unpaired) electrons. The number of carbonyl (C=O) groups is 1. The average Bonchev–Trinajstić information content (AvgIpc) is 3.30. The summed E-state index contributed by atoms with van der Waals surface area (Å²) in [5.74, 6) is 1.78. The molecular formula is C23H24N4O3. The van der Waals surface area contributed by atoms with Gasteiger partial charge in [0.2, 0.25) is 0 Å². The first kappa shape index (κ1) is 19.6. The number of aliphatic imine (C=N–C) groups is 1. The highest BCUT2D eigenvalue weighted by Crippen LogP contribution is 2.31. The quantitative estimate of drug-likeness (QED) is 0.433. The Morgan fingerprint density at radius 3 is 2.90 bits per heavy atom. The lowest BCUT2D eigenvalue weighted by Crippen LogP contribution is -2.37. The molecule has 0 saturated carbocycles. The third-order valence-electron chi connectivity index (χ3n) is 4.91. The van der Waals surface area contributed by atoms with Gasteiger partial charge in [-0.25, -0.2) is 4.99 Å². The number of furan rings is 1. The molecule has 0 spiro atoms. The fourth-order valence-electron chi connectivity index (χ4n) is 3.39. The lowest BCUT2D eigenvalue weighted by Gasteiger charge is -2.26. The molecule has 2 heterocycles. The monoisotopic (exact) mass is 404 g/mol. The van der Waals surface area contributed by atoms with Crippen LogP contribution in [0.5, 0.6) is 5.75 Å². The molecule has 0 fully saturated rings. The first-order chi connectivity index (χ1) is 14.7. The minimum atomic E-state index is -0.165. The molecule has 3 aromatic rings. The lowest BCUT2D eigenvalue weighted by atomic mass is 10.0. The van der Waals surface area contributed by atoms with Crippen LogP contribution in [0.25, 0.3) is 0 Å². The number of nitrogens with one attached hydrogen (secondary N) is 2. The Bertz CT molecular complexity index is 1030. The lowest BCUT2D eigenvalue weighted by molar-refractivity contribution is 0.0948. The molecule has 1 aliphatic rings. The number of amides is 1. The van der Waals surface area contributed by atoms with E-state index in [9.17, 15) is 4.79 Å². The standard InChI is InChI=1S/C23H24N4O3/c24-23(27-20-10-12-30-21-9-2-1-8-19(20)21)26-14-16-5-3-6-17(13-16)22(28)25-15-18-7-4-11-29-18/h1-9,11,13,20H,10,12,14-15H2,(H,25,28)(H3,24,26,27). The summed E-state index contributed by atoms with van der Waals surface area (Å²) in [4.78, 5) is 16.8. The molecule has 1 unspecified atom stereocenters. The Hall–Kier alpha value is -3.74. The summed E-state index contributed by atoms with van der Waals surface area (Å²) in [5.41, 5.74) is 8.67. The van der Waals surface area contributed by atoms with Crippen LogP contribution in [0.15, 0.2) is 76.3 Å². The minimum absolute atomic E-state index is 0.0670. The summed E-state index contributed by atoms with van der Waals surface area (Å²) in [6.45, 7) is 1.36. The van der Waals surface area contributed by atoms with Crippen LogP contribution in [0, 0.1) is 0 Å². The van der Waals surface area contributed by atoms with Gasteiger partial charge >= 0.3 is 0 Å². The van der Waals surface area contributed by atoms with Crippen molar-refractivity contribution < 1.29 is 13.9 Å². The number of hydrogen-bond acceptors (Lipinski definition) is 4. The number of para-hydroxylation sites is 1. The van der Waals surface area contributed by atoms with Crippen molar-refractivity contribution in [3.8, 4) is 5.75 Å². The van der Waals surface area contributed by atoms with Crippen molar-refractivity contribution >= 4 is 11.9 Å². The van der Waals surface area contributed by atoms with Crippen molar-refractivity contribution in [2.45, 2.75) is 25.6 Å². The molecule has 1 amide bonds. The van der Waals surface area contributed by atoms with Gasteiger partial charge in [-0.2, -0.15) is 0 Å². The first-order valence-electron chi connectivity index (χ1n) is 9.87. The molecule has 154 valence electrons. The average molecular weight is 404 g/mol. The van der Waals surface area contributed by atoms with Crippen LogP contribution in [0.2, 0.25) is 0 Å². The van der Waals surface area contributed by atoms with Gasteiger partial charge in [-0.05, 0) is 35.9 Å². The van der Waals surface area contributed by atoms with Crippen LogP contribution in [-0.4, -0.2) is 18.5 Å². The van der Waals surface area contributed by atoms with Crippen LogP contribution < -0.4 is 21.1 Å². The number of guanidine groups is 1. The molecule has 1 aliphatic heterocycles. The third-order valence-corrected chi connectivity index (χ3v) is 4.91. The van der Waals surface area contributed by atoms with E-state index in [1.54, 1.807) is 18.4 Å². The number of benzene rings is 2. The van der Waals surface area contributed by atoms with Crippen molar-refractivity contribution in [1.82, 2.24) is 10.6 Å². The molecule has 2 aromatic carbocycles. The van der Waals surface area contributed by atoms with E-state index in [4.69, 9.17) is 14.9 Å². The third kappa shape index (κ3) is 4.81. The summed E-state index contributed by atoms with van der Waals surface area (Å²) in [7, 11) is 0. The van der Waals surface area contributed by atoms with Crippen LogP contribution in [0.3, 0.4) is 0 Å². The SMILES string of the molecule is NC(=NCc1cccc(C(=O)NCc2ccco2)c1)NC1CCOc2ccccc21. The van der Waals surface area contributed by atoms with E-state index in [1.165, 1.54) is 0 Å². The second kappa shape index (κ2) is 9.17. The van der Waals surface area contributed by atoms with Crippen LogP contribution in [0.4, 0.5) is 0 Å². The zero-order valence-electron chi connectivity index (χ0n) is 16.5. The Morgan fingerprint density at radius 1 is 1.13 bits per heavy atom. The molecule has 0 bridgehead atoms. The molecule has 4 N–H and O–H groups in total. The van der Waals surface area contributed by atoms with Gasteiger partial charge in [-0.15, -0.1) is 0 Å². The predicted molar refractivity (Wildman–Crippen MR) is 114 cm³/mol. The van der Waals surface area contributed by atoms with Gasteiger partial charge in [-0.1, -0.05) is 30.3 Å². The van der Waals surface area contributed by atoms with Crippen molar-refractivity contribution in [3.05, 3.63) is 89.4 Å². The number of carbonyl (C=O) groups excluding carboxylic acids is 1. The molecular weight excluding hydrogens is 380 g/mol. The highest BCUT2D eigenvalue weighted by Gasteiger charge is 2.21. The molecule has 1 aromatic heterocycles. The highest BCUT2D eigenvalue weighted by atomic mass is 16.5. The maximum atomic E-state index is 12.4. The van der Waals surface area contributed by atoms with Gasteiger partial charge in [-0.3, -0.25) is 4.79 Å². The topological polar surface area (TPSA) is 102 Å². The van der Waals surface area contributed by atoms with E-state index >= 15 is 0 Å². The van der Waals surface area contributed by atoms with Crippen LogP contribution in [0.1, 0.15) is 39.7 Å². The first-order valence-corrected chi connectivity index (χ1v) is 9.87. The number of nitrogens with zero attached hydrogens (tertiary/aromatic N) is 1. The van der Waals surface area contributed by atoms with Gasteiger partial charge in [0.15, 0.2) is 5.96 Å². The Kier molecular flexibility index (Phi) is 5.98. The van der Waals surface area contributed by atoms with E-state index < -0.39 is 0 Å². The summed E-state index contributed by atoms with van der Waals surface area (Å²) in [6, 6.07) is 18.9. The molecule has 7 heteroatoms. The maximum Gasteiger partial charge on any atom is 0.251 e. The predicted octanol–water partition coefficient (Wildman–Crippen LogP) is 3.14. The van der Waals surface area contributed by atoms with E-state index in [-0.39, 0.29) is 11.9 Å². The van der Waals surface area contributed by atoms with E-state index in [1.807, 2.05) is 48.5 Å². The largest absolute Gasteiger partial charge is 0.493 e. The van der Waals surface area contributed by atoms with Gasteiger partial charge < -0.3 is 25.5 Å². The summed E-state index contributed by atoms with van der Waals surface area (Å²) in [6.07, 6.45) is 2.40. The second-order valence-corrected chi connectivity index (χ2v) is 7.04. The minimum Gasteiger partial charge on any atom is -0.493 e. The molecule has 1 atom stereocenters. The number of rotatable bonds is 6. The molecule has 0 saturated heterocycles. The Labute approximate surface area is 174 Å². The van der Waals surface area contributed by atoms with E-state index in [2.05, 4.69) is 15.6 Å². The fraction of sp³-hybridized carbons (Fsp3) is 0.217. The smallest absolute Gasteiger partial charge is 0.251 e. The Morgan fingerprint density at radius 2 is 2.03 bits per heavy atom. The van der Waals surface area contributed by atoms with Gasteiger partial charge in [0.25, 0.3) is 5.91 Å². The normalized spacial score (nSPS) is 15.7. The zero-order chi connectivity index (χ0) is 20.8. The molecule has 30 heavy (non-hydrogen) atoms. The summed E-state index contributed by atoms with van der Waals surface area (Å²) >= 11 is 0. The number of ether oxygens (including phenoxy) is 1. The number of fused-ring (bicyclic) bond motifs is 1. The van der Waals surface area contributed by atoms with Crippen molar-refractivity contribution in [2.24, 2.45) is 10.7 Å². The van der Waals surface area contributed by atoms with Gasteiger partial charge in [0.05, 0.1) is 32.0 Å². The second-order valence-electron chi connectivity index (χ2n) is 7.04. The molecule has 4 rings (SSSR count). The van der Waals surface area contributed by atoms with Crippen molar-refractivity contribution in [2.75, 3.05) is 6.61 Å². The van der Waals surface area contributed by atoms with E-state index in [0.29, 0.717) is 37.0 Å². The maximum absolute atomic E-state index is 12.4. The van der Waals surface area contributed by atoms with Crippen LogP contribution >= 0.6 is 0 Å². The molecule has 7 nitrogen and oxygen atoms in total. The highest BCUT2D eigenvalue weighted by molar-refractivity contribution is 5.94. The van der Waals surface area contributed by atoms with Crippen molar-refractivity contribution in [1.29, 1.82) is 0 Å². The van der Waals surface area contributed by atoms with Crippen molar-refractivity contribution in [3.63, 3.8) is 0 Å². The van der Waals surface area contributed by atoms with Gasteiger partial charge in [0, 0.05) is 17.5 Å². The number of nitrogens with two attached hydrogens (primary N) is 1.